The van der Waals surface area contributed by atoms with Crippen molar-refractivity contribution >= 4 is 16.1 Å². The Morgan fingerprint density at radius 1 is 1.18 bits per heavy atom. The van der Waals surface area contributed by atoms with Crippen molar-refractivity contribution in [3.8, 4) is 0 Å². The molecule has 160 valence electrons. The molecule has 3 aliphatic carbocycles. The fourth-order valence-electron chi connectivity index (χ4n) is 5.92. The van der Waals surface area contributed by atoms with Crippen molar-refractivity contribution in [2.24, 2.45) is 17.8 Å². The van der Waals surface area contributed by atoms with Crippen molar-refractivity contribution in [1.29, 1.82) is 0 Å². The molecule has 5 unspecified atom stereocenters. The minimum Gasteiger partial charge on any atom is -0.391 e. The van der Waals surface area contributed by atoms with E-state index in [1.807, 2.05) is 4.72 Å². The summed E-state index contributed by atoms with van der Waals surface area (Å²) in [6.45, 7) is 0.541. The van der Waals surface area contributed by atoms with Gasteiger partial charge in [-0.05, 0) is 56.4 Å². The first-order chi connectivity index (χ1) is 13.3. The smallest absolute Gasteiger partial charge is 0.304 e. The Bertz CT molecular complexity index is 685. The maximum Gasteiger partial charge on any atom is 0.304 e. The molecule has 3 N–H and O–H groups in total. The van der Waals surface area contributed by atoms with Crippen molar-refractivity contribution in [1.82, 2.24) is 14.3 Å². The summed E-state index contributed by atoms with van der Waals surface area (Å²) in [5.41, 5.74) is 0. The summed E-state index contributed by atoms with van der Waals surface area (Å²) in [5.74, 6) is -0.0610. The Hall–Kier alpha value is -0.770. The number of aliphatic hydroxyl groups excluding tert-OH is 1. The first-order valence-corrected chi connectivity index (χ1v) is 12.2. The summed E-state index contributed by atoms with van der Waals surface area (Å²) >= 11 is 0. The van der Waals surface area contributed by atoms with E-state index in [1.54, 1.807) is 0 Å². The van der Waals surface area contributed by atoms with Gasteiger partial charge >= 0.3 is 10.2 Å². The Kier molecular flexibility index (Phi) is 5.98. The van der Waals surface area contributed by atoms with Gasteiger partial charge in [0.05, 0.1) is 18.7 Å². The van der Waals surface area contributed by atoms with Crippen molar-refractivity contribution in [2.45, 2.75) is 82.1 Å². The van der Waals surface area contributed by atoms with E-state index in [2.05, 4.69) is 5.32 Å². The largest absolute Gasteiger partial charge is 0.391 e. The van der Waals surface area contributed by atoms with E-state index in [-0.39, 0.29) is 17.9 Å². The lowest BCUT2D eigenvalue weighted by atomic mass is 9.66. The van der Waals surface area contributed by atoms with E-state index < -0.39 is 41.0 Å². The maximum absolute atomic E-state index is 15.5. The van der Waals surface area contributed by atoms with E-state index in [9.17, 15) is 18.3 Å². The number of rotatable bonds is 5. The lowest BCUT2D eigenvalue weighted by Gasteiger charge is -2.48. The molecule has 3 saturated carbocycles. The molecule has 1 heterocycles. The quantitative estimate of drug-likeness (QED) is 0.622. The van der Waals surface area contributed by atoms with Gasteiger partial charge in [0.15, 0.2) is 0 Å². The zero-order valence-electron chi connectivity index (χ0n) is 16.2. The van der Waals surface area contributed by atoms with Crippen LogP contribution in [0, 0.1) is 17.8 Å². The van der Waals surface area contributed by atoms with Crippen molar-refractivity contribution < 1.29 is 22.7 Å². The number of carbonyl (C=O) groups is 1. The third kappa shape index (κ3) is 4.08. The van der Waals surface area contributed by atoms with Crippen LogP contribution in [0.2, 0.25) is 0 Å². The molecule has 9 heteroatoms. The lowest BCUT2D eigenvalue weighted by Crippen LogP contribution is -2.59. The molecular weight excluding hydrogens is 385 g/mol. The molecule has 4 rings (SSSR count). The fraction of sp³-hybridized carbons (Fsp3) is 0.947. The van der Waals surface area contributed by atoms with Crippen LogP contribution in [-0.2, 0) is 15.0 Å². The first-order valence-electron chi connectivity index (χ1n) is 10.7. The number of aliphatic hydroxyl groups is 1. The SMILES string of the molecule is O=C1CN(C2C(O)CC3CC[C@@H](NCCC4CCCC4)CC3C2F)S(=O)(=O)N1. The van der Waals surface area contributed by atoms with Crippen LogP contribution in [0.25, 0.3) is 0 Å². The number of carbonyl (C=O) groups excluding carboxylic acids is 1. The molecule has 28 heavy (non-hydrogen) atoms. The Morgan fingerprint density at radius 3 is 2.61 bits per heavy atom. The number of amides is 1. The van der Waals surface area contributed by atoms with Crippen LogP contribution in [0.5, 0.6) is 0 Å². The van der Waals surface area contributed by atoms with Crippen molar-refractivity contribution in [3.63, 3.8) is 0 Å². The second kappa shape index (κ2) is 8.16. The highest BCUT2D eigenvalue weighted by atomic mass is 32.2. The van der Waals surface area contributed by atoms with Crippen molar-refractivity contribution in [3.05, 3.63) is 0 Å². The van der Waals surface area contributed by atoms with Crippen LogP contribution in [0.3, 0.4) is 0 Å². The molecule has 0 radical (unpaired) electrons. The van der Waals surface area contributed by atoms with Crippen LogP contribution in [-0.4, -0.2) is 61.2 Å². The summed E-state index contributed by atoms with van der Waals surface area (Å²) in [6.07, 6.45) is 6.81. The predicted octanol–water partition coefficient (Wildman–Crippen LogP) is 1.09. The minimum absolute atomic E-state index is 0.0723. The first kappa shape index (κ1) is 20.5. The van der Waals surface area contributed by atoms with Crippen LogP contribution >= 0.6 is 0 Å². The zero-order chi connectivity index (χ0) is 19.9. The Labute approximate surface area is 166 Å². The Morgan fingerprint density at radius 2 is 1.93 bits per heavy atom. The van der Waals surface area contributed by atoms with Gasteiger partial charge in [-0.2, -0.15) is 12.7 Å². The molecule has 0 aromatic carbocycles. The third-order valence-corrected chi connectivity index (χ3v) is 8.84. The highest BCUT2D eigenvalue weighted by Crippen LogP contribution is 2.44. The summed E-state index contributed by atoms with van der Waals surface area (Å²) in [4.78, 5) is 11.5. The topological polar surface area (TPSA) is 98.7 Å². The highest BCUT2D eigenvalue weighted by Gasteiger charge is 2.53. The number of hydrogen-bond acceptors (Lipinski definition) is 5. The molecule has 0 bridgehead atoms. The van der Waals surface area contributed by atoms with Gasteiger partial charge in [0.25, 0.3) is 0 Å². The molecule has 1 amide bonds. The van der Waals surface area contributed by atoms with Gasteiger partial charge in [-0.25, -0.2) is 9.11 Å². The van der Waals surface area contributed by atoms with Crippen molar-refractivity contribution in [2.75, 3.05) is 13.1 Å². The predicted molar refractivity (Wildman–Crippen MR) is 102 cm³/mol. The number of hydrogen-bond donors (Lipinski definition) is 3. The van der Waals surface area contributed by atoms with Crippen LogP contribution in [0.15, 0.2) is 0 Å². The highest BCUT2D eigenvalue weighted by molar-refractivity contribution is 7.88. The second-order valence-corrected chi connectivity index (χ2v) is 10.8. The summed E-state index contributed by atoms with van der Waals surface area (Å²) < 4.78 is 42.5. The van der Waals surface area contributed by atoms with Gasteiger partial charge in [-0.15, -0.1) is 0 Å². The summed E-state index contributed by atoms with van der Waals surface area (Å²) in [6, 6.07) is -0.936. The molecule has 4 aliphatic rings. The number of nitrogens with one attached hydrogen (secondary N) is 2. The third-order valence-electron chi connectivity index (χ3n) is 7.37. The molecule has 0 spiro atoms. The van der Waals surface area contributed by atoms with Crippen LogP contribution in [0.4, 0.5) is 4.39 Å². The minimum atomic E-state index is -4.06. The summed E-state index contributed by atoms with van der Waals surface area (Å²) in [7, 11) is -4.06. The number of halogens is 1. The summed E-state index contributed by atoms with van der Waals surface area (Å²) in [5, 5.41) is 14.1. The molecule has 7 nitrogen and oxygen atoms in total. The second-order valence-electron chi connectivity index (χ2n) is 9.14. The normalized spacial score (nSPS) is 41.7. The van der Waals surface area contributed by atoms with Crippen LogP contribution in [0.1, 0.15) is 57.8 Å². The molecule has 4 fully saturated rings. The van der Waals surface area contributed by atoms with E-state index in [0.29, 0.717) is 12.8 Å². The number of fused-ring (bicyclic) bond motifs is 1. The van der Waals surface area contributed by atoms with E-state index in [1.165, 1.54) is 32.1 Å². The Balaban J connectivity index is 1.38. The lowest BCUT2D eigenvalue weighted by molar-refractivity contribution is -0.119. The molecule has 0 aromatic rings. The zero-order valence-corrected chi connectivity index (χ0v) is 17.0. The van der Waals surface area contributed by atoms with Gasteiger partial charge < -0.3 is 10.4 Å². The van der Waals surface area contributed by atoms with E-state index >= 15 is 4.39 Å². The standard InChI is InChI=1S/C19H32FN3O4S/c20-18-15-10-14(21-8-7-12-3-1-2-4-12)6-5-13(15)9-16(24)19(18)23-11-17(25)22-28(23,26)27/h12-16,18-19,21,24H,1-11H2,(H,22,25)/t13?,14-,15?,16?,18?,19?/m1/s1. The van der Waals surface area contributed by atoms with Gasteiger partial charge in [0.1, 0.15) is 6.17 Å². The van der Waals surface area contributed by atoms with Gasteiger partial charge in [-0.3, -0.25) is 4.79 Å². The fourth-order valence-corrected chi connectivity index (χ4v) is 7.25. The molecule has 1 aliphatic heterocycles. The van der Waals surface area contributed by atoms with E-state index in [0.717, 1.165) is 29.6 Å². The maximum atomic E-state index is 15.5. The molecule has 6 atom stereocenters. The van der Waals surface area contributed by atoms with E-state index in [4.69, 9.17) is 0 Å². The average molecular weight is 418 g/mol. The van der Waals surface area contributed by atoms with Crippen LogP contribution < -0.4 is 10.0 Å². The van der Waals surface area contributed by atoms with Gasteiger partial charge in [0.2, 0.25) is 5.91 Å². The van der Waals surface area contributed by atoms with Gasteiger partial charge in [0, 0.05) is 6.04 Å². The molecular formula is C19H32FN3O4S. The average Bonchev–Trinajstić information content (AvgIpc) is 3.23. The monoisotopic (exact) mass is 417 g/mol. The van der Waals surface area contributed by atoms with Gasteiger partial charge in [-0.1, -0.05) is 25.7 Å². The molecule has 1 saturated heterocycles. The number of nitrogens with zero attached hydrogens (tertiary/aromatic N) is 1. The molecule has 0 aromatic heterocycles. The number of alkyl halides is 1.